The lowest BCUT2D eigenvalue weighted by molar-refractivity contribution is -0.0328. The lowest BCUT2D eigenvalue weighted by atomic mass is 10.3. The highest BCUT2D eigenvalue weighted by molar-refractivity contribution is 9.10. The predicted molar refractivity (Wildman–Crippen MR) is 55.6 cm³/mol. The highest BCUT2D eigenvalue weighted by Crippen LogP contribution is 2.38. The summed E-state index contributed by atoms with van der Waals surface area (Å²) >= 11 is 3.05. The Hall–Kier alpha value is -0.360. The van der Waals surface area contributed by atoms with Gasteiger partial charge in [-0.1, -0.05) is 0 Å². The van der Waals surface area contributed by atoms with E-state index in [-0.39, 0.29) is 16.7 Å². The summed E-state index contributed by atoms with van der Waals surface area (Å²) in [7, 11) is 1.71. The zero-order valence-corrected chi connectivity index (χ0v) is 9.55. The standard InChI is InChI=1S/C8H7BrF3NS/c1-13-7-3-2-5(4-6(7)9)14-8(10,11)12/h2-4,13H,1H3. The number of nitrogens with one attached hydrogen (secondary N) is 1. The van der Waals surface area contributed by atoms with E-state index < -0.39 is 5.51 Å². The number of benzene rings is 1. The van der Waals surface area contributed by atoms with Gasteiger partial charge in [-0.3, -0.25) is 0 Å². The number of hydrogen-bond donors (Lipinski definition) is 1. The van der Waals surface area contributed by atoms with Crippen LogP contribution < -0.4 is 5.32 Å². The molecule has 0 spiro atoms. The van der Waals surface area contributed by atoms with Crippen LogP contribution in [-0.4, -0.2) is 12.6 Å². The molecule has 0 heterocycles. The van der Waals surface area contributed by atoms with E-state index >= 15 is 0 Å². The molecule has 0 aromatic heterocycles. The summed E-state index contributed by atoms with van der Waals surface area (Å²) in [5.41, 5.74) is -3.47. The van der Waals surface area contributed by atoms with Crippen molar-refractivity contribution in [1.29, 1.82) is 0 Å². The zero-order valence-electron chi connectivity index (χ0n) is 7.15. The Morgan fingerprint density at radius 2 is 2.00 bits per heavy atom. The fourth-order valence-electron chi connectivity index (χ4n) is 0.896. The number of hydrogen-bond acceptors (Lipinski definition) is 2. The molecule has 1 aromatic rings. The van der Waals surface area contributed by atoms with Crippen LogP contribution in [0.2, 0.25) is 0 Å². The van der Waals surface area contributed by atoms with Crippen molar-refractivity contribution in [2.75, 3.05) is 12.4 Å². The molecule has 0 unspecified atom stereocenters. The first kappa shape index (κ1) is 11.7. The van der Waals surface area contributed by atoms with Gasteiger partial charge in [0.25, 0.3) is 0 Å². The molecule has 0 aliphatic heterocycles. The van der Waals surface area contributed by atoms with Gasteiger partial charge < -0.3 is 5.32 Å². The second-order valence-electron chi connectivity index (χ2n) is 2.44. The lowest BCUT2D eigenvalue weighted by Gasteiger charge is -2.08. The highest BCUT2D eigenvalue weighted by Gasteiger charge is 2.29. The van der Waals surface area contributed by atoms with Crippen LogP contribution in [0, 0.1) is 0 Å². The fraction of sp³-hybridized carbons (Fsp3) is 0.250. The Labute approximate surface area is 92.2 Å². The Bertz CT molecular complexity index is 327. The summed E-state index contributed by atoms with van der Waals surface area (Å²) < 4.78 is 36.6. The van der Waals surface area contributed by atoms with Crippen molar-refractivity contribution >= 4 is 33.4 Å². The maximum Gasteiger partial charge on any atom is 0.446 e. The monoisotopic (exact) mass is 285 g/mol. The van der Waals surface area contributed by atoms with Crippen LogP contribution in [0.1, 0.15) is 0 Å². The minimum atomic E-state index is -4.24. The number of rotatable bonds is 2. The summed E-state index contributed by atoms with van der Waals surface area (Å²) in [5, 5.41) is 2.85. The first-order valence-corrected chi connectivity index (χ1v) is 5.26. The topological polar surface area (TPSA) is 12.0 Å². The summed E-state index contributed by atoms with van der Waals surface area (Å²) in [6.07, 6.45) is 0. The number of alkyl halides is 3. The average Bonchev–Trinajstić information content (AvgIpc) is 2.01. The van der Waals surface area contributed by atoms with Gasteiger partial charge in [0, 0.05) is 22.1 Å². The van der Waals surface area contributed by atoms with E-state index in [1.807, 2.05) is 0 Å². The van der Waals surface area contributed by atoms with Gasteiger partial charge >= 0.3 is 5.51 Å². The molecule has 0 fully saturated rings. The average molecular weight is 286 g/mol. The zero-order chi connectivity index (χ0) is 10.8. The molecule has 1 nitrogen and oxygen atoms in total. The van der Waals surface area contributed by atoms with Gasteiger partial charge in [-0.15, -0.1) is 0 Å². The Morgan fingerprint density at radius 1 is 1.36 bits per heavy atom. The van der Waals surface area contributed by atoms with Crippen LogP contribution in [0.25, 0.3) is 0 Å². The van der Waals surface area contributed by atoms with Crippen LogP contribution in [-0.2, 0) is 0 Å². The van der Waals surface area contributed by atoms with E-state index in [0.717, 1.165) is 5.69 Å². The molecule has 0 bridgehead atoms. The van der Waals surface area contributed by atoms with Crippen molar-refractivity contribution in [3.05, 3.63) is 22.7 Å². The quantitative estimate of drug-likeness (QED) is 0.821. The smallest absolute Gasteiger partial charge is 0.387 e. The summed E-state index contributed by atoms with van der Waals surface area (Å²) in [4.78, 5) is 0.170. The predicted octanol–water partition coefficient (Wildman–Crippen LogP) is 4.10. The molecule has 1 aromatic carbocycles. The van der Waals surface area contributed by atoms with Gasteiger partial charge in [0.05, 0.1) is 0 Å². The minimum absolute atomic E-state index is 0.124. The van der Waals surface area contributed by atoms with E-state index in [0.29, 0.717) is 4.47 Å². The van der Waals surface area contributed by atoms with Gasteiger partial charge in [-0.05, 0) is 45.9 Å². The summed E-state index contributed by atoms with van der Waals surface area (Å²) in [5.74, 6) is 0. The minimum Gasteiger partial charge on any atom is -0.387 e. The third-order valence-corrected chi connectivity index (χ3v) is 2.82. The largest absolute Gasteiger partial charge is 0.446 e. The maximum atomic E-state index is 12.0. The number of halogens is 4. The second kappa shape index (κ2) is 4.44. The molecule has 0 saturated heterocycles. The van der Waals surface area contributed by atoms with E-state index in [1.54, 1.807) is 13.1 Å². The molecule has 0 aliphatic carbocycles. The van der Waals surface area contributed by atoms with E-state index in [4.69, 9.17) is 0 Å². The molecule has 1 rings (SSSR count). The van der Waals surface area contributed by atoms with Gasteiger partial charge in [-0.2, -0.15) is 13.2 Å². The molecule has 0 atom stereocenters. The third-order valence-electron chi connectivity index (χ3n) is 1.44. The van der Waals surface area contributed by atoms with Crippen LogP contribution in [0.5, 0.6) is 0 Å². The van der Waals surface area contributed by atoms with Crippen molar-refractivity contribution in [2.45, 2.75) is 10.4 Å². The Morgan fingerprint density at radius 3 is 2.43 bits per heavy atom. The molecular weight excluding hydrogens is 279 g/mol. The lowest BCUT2D eigenvalue weighted by Crippen LogP contribution is -1.99. The molecular formula is C8H7BrF3NS. The molecule has 0 aliphatic rings. The Kier molecular flexibility index (Phi) is 3.71. The maximum absolute atomic E-state index is 12.0. The van der Waals surface area contributed by atoms with Crippen molar-refractivity contribution < 1.29 is 13.2 Å². The molecule has 1 N–H and O–H groups in total. The highest BCUT2D eigenvalue weighted by atomic mass is 79.9. The SMILES string of the molecule is CNc1ccc(SC(F)(F)F)cc1Br. The fourth-order valence-corrected chi connectivity index (χ4v) is 2.20. The van der Waals surface area contributed by atoms with E-state index in [2.05, 4.69) is 21.2 Å². The number of anilines is 1. The normalized spacial score (nSPS) is 11.5. The molecule has 6 heteroatoms. The first-order valence-electron chi connectivity index (χ1n) is 3.65. The van der Waals surface area contributed by atoms with E-state index in [9.17, 15) is 13.2 Å². The van der Waals surface area contributed by atoms with Crippen LogP contribution in [0.3, 0.4) is 0 Å². The summed E-state index contributed by atoms with van der Waals surface area (Å²) in [6.45, 7) is 0. The molecule has 0 saturated carbocycles. The van der Waals surface area contributed by atoms with Crippen molar-refractivity contribution in [1.82, 2.24) is 0 Å². The van der Waals surface area contributed by atoms with E-state index in [1.165, 1.54) is 12.1 Å². The van der Waals surface area contributed by atoms with Gasteiger partial charge in [-0.25, -0.2) is 0 Å². The van der Waals surface area contributed by atoms with Crippen molar-refractivity contribution in [2.24, 2.45) is 0 Å². The molecule has 14 heavy (non-hydrogen) atoms. The van der Waals surface area contributed by atoms with Crippen LogP contribution in [0.15, 0.2) is 27.6 Å². The van der Waals surface area contributed by atoms with Gasteiger partial charge in [0.15, 0.2) is 0 Å². The third kappa shape index (κ3) is 3.42. The van der Waals surface area contributed by atoms with Crippen LogP contribution >= 0.6 is 27.7 Å². The first-order chi connectivity index (χ1) is 6.42. The summed E-state index contributed by atoms with van der Waals surface area (Å²) in [6, 6.07) is 4.46. The molecule has 0 amide bonds. The van der Waals surface area contributed by atoms with Crippen molar-refractivity contribution in [3.8, 4) is 0 Å². The molecule has 78 valence electrons. The molecule has 0 radical (unpaired) electrons. The number of thioether (sulfide) groups is 1. The Balaban J connectivity index is 2.87. The van der Waals surface area contributed by atoms with Gasteiger partial charge in [0.2, 0.25) is 0 Å². The van der Waals surface area contributed by atoms with Crippen molar-refractivity contribution in [3.63, 3.8) is 0 Å². The van der Waals surface area contributed by atoms with Crippen LogP contribution in [0.4, 0.5) is 18.9 Å². The second-order valence-corrected chi connectivity index (χ2v) is 4.43. The van der Waals surface area contributed by atoms with Gasteiger partial charge in [0.1, 0.15) is 0 Å².